The fraction of sp³-hybridized carbons (Fsp3) is 0.0556. The van der Waals surface area contributed by atoms with Gasteiger partial charge in [-0.2, -0.15) is 0 Å². The van der Waals surface area contributed by atoms with Gasteiger partial charge in [0, 0.05) is 17.7 Å². The molecule has 3 N–H and O–H groups in total. The Kier molecular flexibility index (Phi) is 3.32. The summed E-state index contributed by atoms with van der Waals surface area (Å²) in [6.07, 6.45) is 0.219. The minimum Gasteiger partial charge on any atom is -0.508 e. The fourth-order valence-electron chi connectivity index (χ4n) is 2.45. The van der Waals surface area contributed by atoms with Gasteiger partial charge in [0.15, 0.2) is 5.78 Å². The summed E-state index contributed by atoms with van der Waals surface area (Å²) in [5, 5.41) is 11.5. The largest absolute Gasteiger partial charge is 0.508 e. The number of benzene rings is 3. The molecule has 0 amide bonds. The summed E-state index contributed by atoms with van der Waals surface area (Å²) in [4.78, 5) is 12.4. The summed E-state index contributed by atoms with van der Waals surface area (Å²) in [5.74, 6) is 0.107. The molecular formula is C18H15NO2. The maximum atomic E-state index is 12.4. The third kappa shape index (κ3) is 2.72. The van der Waals surface area contributed by atoms with Gasteiger partial charge in [-0.1, -0.05) is 36.4 Å². The summed E-state index contributed by atoms with van der Waals surface area (Å²) in [5.41, 5.74) is 7.78. The lowest BCUT2D eigenvalue weighted by Crippen LogP contribution is -2.07. The summed E-state index contributed by atoms with van der Waals surface area (Å²) in [6.45, 7) is 0. The van der Waals surface area contributed by atoms with Gasteiger partial charge < -0.3 is 10.8 Å². The molecule has 104 valence electrons. The first-order valence-corrected chi connectivity index (χ1v) is 6.73. The number of nitrogens with two attached hydrogens (primary N) is 1. The highest BCUT2D eigenvalue weighted by Crippen LogP contribution is 2.23. The van der Waals surface area contributed by atoms with E-state index >= 15 is 0 Å². The molecule has 0 radical (unpaired) electrons. The molecule has 0 unspecified atom stereocenters. The molecule has 0 heterocycles. The average Bonchev–Trinajstić information content (AvgIpc) is 2.46. The molecule has 0 aromatic heterocycles. The van der Waals surface area contributed by atoms with Crippen LogP contribution < -0.4 is 5.73 Å². The Bertz CT molecular complexity index is 824. The van der Waals surface area contributed by atoms with E-state index in [1.165, 1.54) is 0 Å². The van der Waals surface area contributed by atoms with Crippen LogP contribution in [0.15, 0.2) is 60.7 Å². The van der Waals surface area contributed by atoms with Gasteiger partial charge in [0.05, 0.1) is 0 Å². The Labute approximate surface area is 122 Å². The summed E-state index contributed by atoms with van der Waals surface area (Å²) in [7, 11) is 0. The van der Waals surface area contributed by atoms with Gasteiger partial charge in [-0.15, -0.1) is 0 Å². The maximum Gasteiger partial charge on any atom is 0.169 e. The van der Waals surface area contributed by atoms with Crippen LogP contribution in [-0.4, -0.2) is 10.9 Å². The highest BCUT2D eigenvalue weighted by molar-refractivity contribution is 6.05. The van der Waals surface area contributed by atoms with Gasteiger partial charge in [0.25, 0.3) is 0 Å². The molecule has 0 atom stereocenters. The van der Waals surface area contributed by atoms with Crippen molar-refractivity contribution in [1.29, 1.82) is 0 Å². The van der Waals surface area contributed by atoms with Crippen LogP contribution in [0.25, 0.3) is 10.8 Å². The van der Waals surface area contributed by atoms with Crippen molar-refractivity contribution in [3.05, 3.63) is 71.8 Å². The van der Waals surface area contributed by atoms with Gasteiger partial charge in [-0.3, -0.25) is 4.79 Å². The number of ketones is 1. The molecule has 3 rings (SSSR count). The lowest BCUT2D eigenvalue weighted by molar-refractivity contribution is 0.0994. The van der Waals surface area contributed by atoms with E-state index in [0.717, 1.165) is 16.3 Å². The molecule has 3 aromatic rings. The quantitative estimate of drug-likeness (QED) is 0.568. The van der Waals surface area contributed by atoms with Crippen LogP contribution in [-0.2, 0) is 6.42 Å². The Morgan fingerprint density at radius 2 is 1.67 bits per heavy atom. The fourth-order valence-corrected chi connectivity index (χ4v) is 2.45. The first kappa shape index (κ1) is 13.2. The van der Waals surface area contributed by atoms with Crippen LogP contribution in [0, 0.1) is 0 Å². The molecule has 0 aliphatic heterocycles. The van der Waals surface area contributed by atoms with E-state index in [1.54, 1.807) is 18.2 Å². The van der Waals surface area contributed by atoms with Crippen LogP contribution in [0.3, 0.4) is 0 Å². The van der Waals surface area contributed by atoms with Gasteiger partial charge in [-0.25, -0.2) is 0 Å². The highest BCUT2D eigenvalue weighted by Gasteiger charge is 2.12. The van der Waals surface area contributed by atoms with Crippen molar-refractivity contribution in [3.8, 4) is 5.75 Å². The van der Waals surface area contributed by atoms with E-state index in [-0.39, 0.29) is 18.0 Å². The topological polar surface area (TPSA) is 63.3 Å². The summed E-state index contributed by atoms with van der Waals surface area (Å²) >= 11 is 0. The van der Waals surface area contributed by atoms with Crippen molar-refractivity contribution >= 4 is 22.2 Å². The number of Topliss-reactive ketones (excluding diaryl/α,β-unsaturated/α-hetero) is 1. The van der Waals surface area contributed by atoms with Crippen molar-refractivity contribution in [2.45, 2.75) is 6.42 Å². The number of nitrogen functional groups attached to an aromatic ring is 1. The van der Waals surface area contributed by atoms with Crippen molar-refractivity contribution in [3.63, 3.8) is 0 Å². The monoisotopic (exact) mass is 277 g/mol. The van der Waals surface area contributed by atoms with Gasteiger partial charge >= 0.3 is 0 Å². The van der Waals surface area contributed by atoms with Crippen molar-refractivity contribution in [2.24, 2.45) is 0 Å². The van der Waals surface area contributed by atoms with Crippen LogP contribution in [0.5, 0.6) is 5.75 Å². The number of hydrogen-bond acceptors (Lipinski definition) is 3. The molecule has 0 fully saturated rings. The first-order chi connectivity index (χ1) is 10.1. The van der Waals surface area contributed by atoms with Gasteiger partial charge in [-0.05, 0) is 40.6 Å². The lowest BCUT2D eigenvalue weighted by Gasteiger charge is -2.08. The molecule has 0 aliphatic carbocycles. The van der Waals surface area contributed by atoms with E-state index in [4.69, 9.17) is 5.73 Å². The standard InChI is InChI=1S/C18H15NO2/c19-17-11-14-6-2-1-5-13(14)10-16(17)18(21)9-12-4-3-7-15(20)8-12/h1-8,10-11,20H,9,19H2. The van der Waals surface area contributed by atoms with Crippen molar-refractivity contribution in [2.75, 3.05) is 5.73 Å². The molecule has 0 bridgehead atoms. The Morgan fingerprint density at radius 3 is 2.38 bits per heavy atom. The van der Waals surface area contributed by atoms with E-state index < -0.39 is 0 Å². The highest BCUT2D eigenvalue weighted by atomic mass is 16.3. The van der Waals surface area contributed by atoms with Gasteiger partial charge in [0.1, 0.15) is 5.75 Å². The van der Waals surface area contributed by atoms with E-state index in [1.807, 2.05) is 42.5 Å². The molecule has 21 heavy (non-hydrogen) atoms. The summed E-state index contributed by atoms with van der Waals surface area (Å²) < 4.78 is 0. The Hall–Kier alpha value is -2.81. The molecular weight excluding hydrogens is 262 g/mol. The van der Waals surface area contributed by atoms with Gasteiger partial charge in [0.2, 0.25) is 0 Å². The second-order valence-corrected chi connectivity index (χ2v) is 5.06. The minimum atomic E-state index is -0.0520. The number of rotatable bonds is 3. The second-order valence-electron chi connectivity index (χ2n) is 5.06. The number of carbonyl (C=O) groups excluding carboxylic acids is 1. The predicted molar refractivity (Wildman–Crippen MR) is 84.5 cm³/mol. The zero-order chi connectivity index (χ0) is 14.8. The van der Waals surface area contributed by atoms with E-state index in [2.05, 4.69) is 0 Å². The molecule has 0 spiro atoms. The maximum absolute atomic E-state index is 12.4. The van der Waals surface area contributed by atoms with Crippen LogP contribution in [0.4, 0.5) is 5.69 Å². The lowest BCUT2D eigenvalue weighted by atomic mass is 9.98. The number of aromatic hydroxyl groups is 1. The third-order valence-electron chi connectivity index (χ3n) is 3.49. The molecule has 3 heteroatoms. The summed E-state index contributed by atoms with van der Waals surface area (Å²) in [6, 6.07) is 18.2. The first-order valence-electron chi connectivity index (χ1n) is 6.73. The molecule has 3 aromatic carbocycles. The smallest absolute Gasteiger partial charge is 0.169 e. The number of anilines is 1. The number of carbonyl (C=O) groups is 1. The third-order valence-corrected chi connectivity index (χ3v) is 3.49. The van der Waals surface area contributed by atoms with E-state index in [9.17, 15) is 9.90 Å². The van der Waals surface area contributed by atoms with Crippen LogP contribution in [0.2, 0.25) is 0 Å². The molecule has 3 nitrogen and oxygen atoms in total. The normalized spacial score (nSPS) is 10.7. The Balaban J connectivity index is 1.96. The Morgan fingerprint density at radius 1 is 0.952 bits per heavy atom. The number of phenolic OH excluding ortho intramolecular Hbond substituents is 1. The van der Waals surface area contributed by atoms with Crippen molar-refractivity contribution in [1.82, 2.24) is 0 Å². The molecule has 0 saturated carbocycles. The van der Waals surface area contributed by atoms with Crippen molar-refractivity contribution < 1.29 is 9.90 Å². The second kappa shape index (κ2) is 5.29. The molecule has 0 aliphatic rings. The molecule has 0 saturated heterocycles. The zero-order valence-electron chi connectivity index (χ0n) is 11.4. The SMILES string of the molecule is Nc1cc2ccccc2cc1C(=O)Cc1cccc(O)c1. The average molecular weight is 277 g/mol. The van der Waals surface area contributed by atoms with E-state index in [0.29, 0.717) is 11.3 Å². The minimum absolute atomic E-state index is 0.0520. The number of phenols is 1. The number of hydrogen-bond donors (Lipinski definition) is 2. The predicted octanol–water partition coefficient (Wildman–Crippen LogP) is 3.55. The van der Waals surface area contributed by atoms with Crippen LogP contribution in [0.1, 0.15) is 15.9 Å². The van der Waals surface area contributed by atoms with Crippen LogP contribution >= 0.6 is 0 Å². The number of fused-ring (bicyclic) bond motifs is 1. The zero-order valence-corrected chi connectivity index (χ0v) is 11.4.